The lowest BCUT2D eigenvalue weighted by Crippen LogP contribution is -1.95. The van der Waals surface area contributed by atoms with Crippen LogP contribution in [0, 0.1) is 11.3 Å². The maximum Gasteiger partial charge on any atom is 0.101 e. The molecular weight excluding hydrogens is 124 g/mol. The van der Waals surface area contributed by atoms with Gasteiger partial charge in [0.15, 0.2) is 0 Å². The Morgan fingerprint density at radius 3 is 2.60 bits per heavy atom. The first kappa shape index (κ1) is 6.88. The maximum absolute atomic E-state index is 8.47. The maximum atomic E-state index is 8.47. The summed E-state index contributed by atoms with van der Waals surface area (Å²) in [7, 11) is 0. The molecule has 0 spiro atoms. The first-order valence-electron chi connectivity index (χ1n) is 3.31. The number of nitriles is 1. The summed E-state index contributed by atoms with van der Waals surface area (Å²) in [5.41, 5.74) is 0.730. The average molecular weight is 134 g/mol. The van der Waals surface area contributed by atoms with Gasteiger partial charge in [-0.1, -0.05) is 0 Å². The van der Waals surface area contributed by atoms with Crippen LogP contribution in [0.3, 0.4) is 0 Å². The van der Waals surface area contributed by atoms with Crippen LogP contribution in [0.5, 0.6) is 0 Å². The summed E-state index contributed by atoms with van der Waals surface area (Å²) >= 11 is 0. The highest BCUT2D eigenvalue weighted by atomic mass is 15.0. The van der Waals surface area contributed by atoms with Crippen LogP contribution in [0.25, 0.3) is 0 Å². The van der Waals surface area contributed by atoms with E-state index in [0.717, 1.165) is 5.56 Å². The normalized spacial score (nSPS) is 9.80. The summed E-state index contributed by atoms with van der Waals surface area (Å²) in [4.78, 5) is 0. The Kier molecular flexibility index (Phi) is 1.77. The lowest BCUT2D eigenvalue weighted by molar-refractivity contribution is 0.603. The van der Waals surface area contributed by atoms with Gasteiger partial charge in [-0.3, -0.25) is 0 Å². The summed E-state index contributed by atoms with van der Waals surface area (Å²) in [5, 5.41) is 8.47. The summed E-state index contributed by atoms with van der Waals surface area (Å²) in [6.45, 7) is 4.17. The second-order valence-corrected chi connectivity index (χ2v) is 2.55. The van der Waals surface area contributed by atoms with Gasteiger partial charge in [-0.2, -0.15) is 5.26 Å². The van der Waals surface area contributed by atoms with Gasteiger partial charge in [0.2, 0.25) is 0 Å². The van der Waals surface area contributed by atoms with Crippen molar-refractivity contribution < 1.29 is 0 Å². The van der Waals surface area contributed by atoms with E-state index in [1.54, 1.807) is 0 Å². The van der Waals surface area contributed by atoms with Gasteiger partial charge in [-0.05, 0) is 19.9 Å². The Morgan fingerprint density at radius 1 is 1.60 bits per heavy atom. The molecule has 0 aliphatic carbocycles. The van der Waals surface area contributed by atoms with E-state index >= 15 is 0 Å². The van der Waals surface area contributed by atoms with E-state index < -0.39 is 0 Å². The highest BCUT2D eigenvalue weighted by Crippen LogP contribution is 2.06. The molecule has 0 saturated heterocycles. The predicted molar refractivity (Wildman–Crippen MR) is 39.5 cm³/mol. The molecule has 0 unspecified atom stereocenters. The quantitative estimate of drug-likeness (QED) is 0.577. The standard InChI is InChI=1S/C8H10N2/c1-7(2)10-4-3-8(5-9)6-10/h3-4,6-7H,1-2H3. The van der Waals surface area contributed by atoms with Gasteiger partial charge in [0.05, 0.1) is 5.56 Å². The van der Waals surface area contributed by atoms with E-state index in [0.29, 0.717) is 6.04 Å². The Balaban J connectivity index is 2.91. The van der Waals surface area contributed by atoms with Gasteiger partial charge in [0.25, 0.3) is 0 Å². The van der Waals surface area contributed by atoms with Gasteiger partial charge in [-0.15, -0.1) is 0 Å². The molecule has 1 aromatic heterocycles. The fourth-order valence-corrected chi connectivity index (χ4v) is 0.800. The molecular formula is C8H10N2. The van der Waals surface area contributed by atoms with Gasteiger partial charge in [0.1, 0.15) is 6.07 Å². The Morgan fingerprint density at radius 2 is 2.30 bits per heavy atom. The molecule has 0 fully saturated rings. The van der Waals surface area contributed by atoms with E-state index in [1.165, 1.54) is 0 Å². The lowest BCUT2D eigenvalue weighted by Gasteiger charge is -2.04. The minimum Gasteiger partial charge on any atom is -0.350 e. The number of aromatic nitrogens is 1. The molecule has 1 heterocycles. The van der Waals surface area contributed by atoms with Gasteiger partial charge >= 0.3 is 0 Å². The molecule has 0 bridgehead atoms. The van der Waals surface area contributed by atoms with Crippen LogP contribution >= 0.6 is 0 Å². The largest absolute Gasteiger partial charge is 0.350 e. The highest BCUT2D eigenvalue weighted by Gasteiger charge is 1.96. The van der Waals surface area contributed by atoms with E-state index in [2.05, 4.69) is 19.9 Å². The second kappa shape index (κ2) is 2.57. The van der Waals surface area contributed by atoms with E-state index in [-0.39, 0.29) is 0 Å². The zero-order valence-corrected chi connectivity index (χ0v) is 6.20. The van der Waals surface area contributed by atoms with Crippen molar-refractivity contribution in [3.05, 3.63) is 24.0 Å². The van der Waals surface area contributed by atoms with Crippen molar-refractivity contribution in [1.29, 1.82) is 5.26 Å². The molecule has 2 heteroatoms. The molecule has 0 aromatic carbocycles. The minimum absolute atomic E-state index is 0.446. The summed E-state index contributed by atoms with van der Waals surface area (Å²) < 4.78 is 2.01. The zero-order valence-electron chi connectivity index (χ0n) is 6.20. The number of rotatable bonds is 1. The third-order valence-electron chi connectivity index (χ3n) is 1.44. The Bertz CT molecular complexity index is 252. The minimum atomic E-state index is 0.446. The van der Waals surface area contributed by atoms with Crippen LogP contribution in [0.15, 0.2) is 18.5 Å². The molecule has 0 N–H and O–H groups in total. The van der Waals surface area contributed by atoms with Gasteiger partial charge in [0, 0.05) is 18.4 Å². The second-order valence-electron chi connectivity index (χ2n) is 2.55. The van der Waals surface area contributed by atoms with Crippen molar-refractivity contribution >= 4 is 0 Å². The zero-order chi connectivity index (χ0) is 7.56. The van der Waals surface area contributed by atoms with Crippen LogP contribution in [0.2, 0.25) is 0 Å². The predicted octanol–water partition coefficient (Wildman–Crippen LogP) is 1.94. The summed E-state index contributed by atoms with van der Waals surface area (Å²) in [5.74, 6) is 0. The first-order chi connectivity index (χ1) is 4.74. The van der Waals surface area contributed by atoms with E-state index in [1.807, 2.05) is 23.0 Å². The number of hydrogen-bond acceptors (Lipinski definition) is 1. The van der Waals surface area contributed by atoms with Crippen LogP contribution in [-0.2, 0) is 0 Å². The molecule has 0 amide bonds. The molecule has 2 nitrogen and oxygen atoms in total. The molecule has 0 atom stereocenters. The summed E-state index contributed by atoms with van der Waals surface area (Å²) in [6.07, 6.45) is 3.77. The van der Waals surface area contributed by atoms with Crippen molar-refractivity contribution in [2.24, 2.45) is 0 Å². The average Bonchev–Trinajstić information content (AvgIpc) is 2.34. The van der Waals surface area contributed by atoms with Crippen molar-refractivity contribution in [2.45, 2.75) is 19.9 Å². The van der Waals surface area contributed by atoms with E-state index in [9.17, 15) is 0 Å². The van der Waals surface area contributed by atoms with Crippen LogP contribution in [0.4, 0.5) is 0 Å². The molecule has 1 aromatic rings. The number of nitrogens with zero attached hydrogens (tertiary/aromatic N) is 2. The molecule has 0 aliphatic rings. The molecule has 0 aliphatic heterocycles. The monoisotopic (exact) mass is 134 g/mol. The van der Waals surface area contributed by atoms with Gasteiger partial charge in [-0.25, -0.2) is 0 Å². The molecule has 10 heavy (non-hydrogen) atoms. The number of hydrogen-bond donors (Lipinski definition) is 0. The topological polar surface area (TPSA) is 28.7 Å². The Labute approximate surface area is 60.7 Å². The first-order valence-corrected chi connectivity index (χ1v) is 3.31. The molecule has 0 radical (unpaired) electrons. The van der Waals surface area contributed by atoms with Crippen LogP contribution in [0.1, 0.15) is 25.5 Å². The summed E-state index contributed by atoms with van der Waals surface area (Å²) in [6, 6.07) is 4.35. The van der Waals surface area contributed by atoms with Crippen molar-refractivity contribution in [2.75, 3.05) is 0 Å². The SMILES string of the molecule is CC(C)n1ccc(C#N)c1. The van der Waals surface area contributed by atoms with Crippen molar-refractivity contribution in [1.82, 2.24) is 4.57 Å². The van der Waals surface area contributed by atoms with E-state index in [4.69, 9.17) is 5.26 Å². The van der Waals surface area contributed by atoms with Crippen LogP contribution in [-0.4, -0.2) is 4.57 Å². The highest BCUT2D eigenvalue weighted by molar-refractivity contribution is 5.25. The lowest BCUT2D eigenvalue weighted by atomic mass is 10.4. The third kappa shape index (κ3) is 1.19. The van der Waals surface area contributed by atoms with Crippen LogP contribution < -0.4 is 0 Å². The fraction of sp³-hybridized carbons (Fsp3) is 0.375. The van der Waals surface area contributed by atoms with Crippen molar-refractivity contribution in [3.63, 3.8) is 0 Å². The third-order valence-corrected chi connectivity index (χ3v) is 1.44. The molecule has 0 saturated carbocycles. The smallest absolute Gasteiger partial charge is 0.101 e. The Hall–Kier alpha value is -1.23. The fourth-order valence-electron chi connectivity index (χ4n) is 0.800. The van der Waals surface area contributed by atoms with Gasteiger partial charge < -0.3 is 4.57 Å². The van der Waals surface area contributed by atoms with Crippen molar-refractivity contribution in [3.8, 4) is 6.07 Å². The molecule has 1 rings (SSSR count). The molecule has 52 valence electrons.